The summed E-state index contributed by atoms with van der Waals surface area (Å²) in [4.78, 5) is 33.9. The van der Waals surface area contributed by atoms with E-state index in [0.717, 1.165) is 10.5 Å². The number of ether oxygens (including phenoxy) is 1. The zero-order valence-electron chi connectivity index (χ0n) is 16.9. The lowest BCUT2D eigenvalue weighted by Gasteiger charge is -2.13. The zero-order chi connectivity index (χ0) is 22.0. The fraction of sp³-hybridized carbons (Fsp3) is 0.182. The molecule has 1 aliphatic rings. The van der Waals surface area contributed by atoms with Crippen molar-refractivity contribution in [3.8, 4) is 0 Å². The van der Waals surface area contributed by atoms with Gasteiger partial charge in [0, 0.05) is 18.2 Å². The van der Waals surface area contributed by atoms with Crippen LogP contribution in [0.5, 0.6) is 0 Å². The van der Waals surface area contributed by atoms with Crippen molar-refractivity contribution in [1.82, 2.24) is 14.3 Å². The first-order chi connectivity index (χ1) is 15.0. The Morgan fingerprint density at radius 1 is 1.19 bits per heavy atom. The molecule has 0 aliphatic carbocycles. The number of carbonyl (C=O) groups is 1. The monoisotopic (exact) mass is 469 g/mol. The zero-order valence-corrected chi connectivity index (χ0v) is 19.4. The molecule has 4 rings (SSSR count). The molecule has 0 bridgehead atoms. The number of carbonyl (C=O) groups excluding carboxylic acids is 1. The highest BCUT2D eigenvalue weighted by molar-refractivity contribution is 8.26. The number of aromatic nitrogens is 2. The van der Waals surface area contributed by atoms with Gasteiger partial charge < -0.3 is 4.74 Å². The van der Waals surface area contributed by atoms with E-state index in [2.05, 4.69) is 0 Å². The van der Waals surface area contributed by atoms with E-state index in [4.69, 9.17) is 21.9 Å². The van der Waals surface area contributed by atoms with Crippen molar-refractivity contribution < 1.29 is 9.53 Å². The number of fused-ring (bicyclic) bond motifs is 1. The number of nitrogens with zero attached hydrogens (tertiary/aromatic N) is 3. The highest BCUT2D eigenvalue weighted by Gasteiger charge is 2.32. The Balaban J connectivity index is 1.84. The highest BCUT2D eigenvalue weighted by Crippen LogP contribution is 2.35. The Labute approximate surface area is 193 Å². The molecule has 0 radical (unpaired) electrons. The molecule has 1 fully saturated rings. The number of amides is 1. The minimum Gasteiger partial charge on any atom is -0.383 e. The van der Waals surface area contributed by atoms with Crippen LogP contribution in [0.4, 0.5) is 0 Å². The number of aryl methyl sites for hydroxylation is 1. The Hall–Kier alpha value is -2.46. The molecule has 3 aromatic rings. The number of thiocarbonyl (C=S) groups is 1. The van der Waals surface area contributed by atoms with E-state index >= 15 is 0 Å². The molecule has 2 aromatic heterocycles. The van der Waals surface area contributed by atoms with Crippen molar-refractivity contribution in [2.75, 3.05) is 20.3 Å². The predicted molar refractivity (Wildman–Crippen MR) is 129 cm³/mol. The van der Waals surface area contributed by atoms with Gasteiger partial charge in [-0.1, -0.05) is 60.0 Å². The summed E-state index contributed by atoms with van der Waals surface area (Å²) < 4.78 is 7.04. The number of benzene rings is 1. The summed E-state index contributed by atoms with van der Waals surface area (Å²) in [6, 6.07) is 13.4. The Morgan fingerprint density at radius 2 is 1.97 bits per heavy atom. The van der Waals surface area contributed by atoms with Crippen LogP contribution in [0, 0.1) is 6.92 Å². The Kier molecular flexibility index (Phi) is 6.57. The Morgan fingerprint density at radius 3 is 2.71 bits per heavy atom. The standard InChI is InChI=1S/C22H19N3O3S3/c1-14-7-6-10-24-18(14)23-19(30-15-8-4-3-5-9-15)16(20(24)26)13-17-21(27)25(11-12-28-2)22(29)31-17/h3-10,13H,11-12H2,1-2H3/b17-13-. The van der Waals surface area contributed by atoms with Gasteiger partial charge in [0.1, 0.15) is 15.0 Å². The van der Waals surface area contributed by atoms with Crippen molar-refractivity contribution in [2.24, 2.45) is 0 Å². The predicted octanol–water partition coefficient (Wildman–Crippen LogP) is 4.00. The second-order valence-electron chi connectivity index (χ2n) is 6.76. The molecule has 3 heterocycles. The highest BCUT2D eigenvalue weighted by atomic mass is 32.2. The van der Waals surface area contributed by atoms with Gasteiger partial charge in [-0.15, -0.1) is 0 Å². The van der Waals surface area contributed by atoms with E-state index in [1.807, 2.05) is 49.4 Å². The summed E-state index contributed by atoms with van der Waals surface area (Å²) in [5.41, 5.74) is 1.63. The SMILES string of the molecule is COCCN1C(=O)/C(=C/c2c(Sc3ccccc3)nc3c(C)cccn3c2=O)SC1=S. The number of pyridine rings is 1. The summed E-state index contributed by atoms with van der Waals surface area (Å²) in [6.07, 6.45) is 3.30. The molecule has 9 heteroatoms. The average Bonchev–Trinajstić information content (AvgIpc) is 3.03. The van der Waals surface area contributed by atoms with Crippen LogP contribution in [0.2, 0.25) is 0 Å². The van der Waals surface area contributed by atoms with Crippen LogP contribution in [0.25, 0.3) is 11.7 Å². The third-order valence-corrected chi connectivity index (χ3v) is 7.07. The number of hydrogen-bond donors (Lipinski definition) is 0. The summed E-state index contributed by atoms with van der Waals surface area (Å²) in [7, 11) is 1.57. The van der Waals surface area contributed by atoms with Gasteiger partial charge in [0.2, 0.25) is 0 Å². The molecule has 0 atom stereocenters. The van der Waals surface area contributed by atoms with Gasteiger partial charge in [0.25, 0.3) is 11.5 Å². The van der Waals surface area contributed by atoms with Crippen molar-refractivity contribution in [1.29, 1.82) is 0 Å². The van der Waals surface area contributed by atoms with Gasteiger partial charge in [0.15, 0.2) is 0 Å². The normalized spacial score (nSPS) is 15.4. The molecular formula is C22H19N3O3S3. The molecule has 0 N–H and O–H groups in total. The number of rotatable bonds is 6. The molecule has 1 aromatic carbocycles. The lowest BCUT2D eigenvalue weighted by Crippen LogP contribution is -2.31. The second kappa shape index (κ2) is 9.35. The lowest BCUT2D eigenvalue weighted by molar-refractivity contribution is -0.122. The third-order valence-electron chi connectivity index (χ3n) is 4.68. The van der Waals surface area contributed by atoms with Crippen molar-refractivity contribution in [2.45, 2.75) is 16.8 Å². The molecule has 1 aliphatic heterocycles. The van der Waals surface area contributed by atoms with Crippen LogP contribution in [0.15, 0.2) is 68.3 Å². The van der Waals surface area contributed by atoms with Gasteiger partial charge in [-0.25, -0.2) is 4.98 Å². The minimum atomic E-state index is -0.228. The van der Waals surface area contributed by atoms with Crippen molar-refractivity contribution >= 4 is 57.7 Å². The molecule has 31 heavy (non-hydrogen) atoms. The quantitative estimate of drug-likeness (QED) is 0.307. The molecule has 158 valence electrons. The van der Waals surface area contributed by atoms with Gasteiger partial charge in [-0.05, 0) is 36.8 Å². The van der Waals surface area contributed by atoms with Crippen molar-refractivity contribution in [3.05, 3.63) is 75.0 Å². The van der Waals surface area contributed by atoms with E-state index in [1.54, 1.807) is 19.4 Å². The van der Waals surface area contributed by atoms with E-state index in [-0.39, 0.29) is 11.5 Å². The van der Waals surface area contributed by atoms with Crippen LogP contribution in [0.1, 0.15) is 11.1 Å². The molecule has 0 spiro atoms. The lowest BCUT2D eigenvalue weighted by atomic mass is 10.2. The van der Waals surface area contributed by atoms with E-state index < -0.39 is 0 Å². The number of thioether (sulfide) groups is 1. The van der Waals surface area contributed by atoms with Gasteiger partial charge in [0.05, 0.1) is 23.6 Å². The molecule has 1 saturated heterocycles. The molecule has 0 saturated carbocycles. The summed E-state index contributed by atoms with van der Waals surface area (Å²) in [6.45, 7) is 2.67. The fourth-order valence-corrected chi connectivity index (χ4v) is 5.30. The molecule has 1 amide bonds. The average molecular weight is 470 g/mol. The molecular weight excluding hydrogens is 450 g/mol. The first-order valence-corrected chi connectivity index (χ1v) is 11.5. The minimum absolute atomic E-state index is 0.226. The van der Waals surface area contributed by atoms with E-state index in [9.17, 15) is 9.59 Å². The number of methoxy groups -OCH3 is 1. The first kappa shape index (κ1) is 21.8. The van der Waals surface area contributed by atoms with Crippen LogP contribution in [-0.2, 0) is 9.53 Å². The maximum Gasteiger partial charge on any atom is 0.266 e. The van der Waals surface area contributed by atoms with E-state index in [1.165, 1.54) is 32.8 Å². The molecule has 6 nitrogen and oxygen atoms in total. The second-order valence-corrected chi connectivity index (χ2v) is 9.50. The van der Waals surface area contributed by atoms with Crippen LogP contribution in [0.3, 0.4) is 0 Å². The van der Waals surface area contributed by atoms with Crippen molar-refractivity contribution in [3.63, 3.8) is 0 Å². The maximum absolute atomic E-state index is 13.4. The first-order valence-electron chi connectivity index (χ1n) is 9.49. The smallest absolute Gasteiger partial charge is 0.266 e. The van der Waals surface area contributed by atoms with Crippen LogP contribution < -0.4 is 5.56 Å². The topological polar surface area (TPSA) is 63.9 Å². The van der Waals surface area contributed by atoms with Gasteiger partial charge in [-0.2, -0.15) is 0 Å². The van der Waals surface area contributed by atoms with Gasteiger partial charge in [-0.3, -0.25) is 18.9 Å². The largest absolute Gasteiger partial charge is 0.383 e. The van der Waals surface area contributed by atoms with E-state index in [0.29, 0.717) is 38.6 Å². The molecule has 0 unspecified atom stereocenters. The van der Waals surface area contributed by atoms with Crippen LogP contribution in [-0.4, -0.2) is 44.8 Å². The maximum atomic E-state index is 13.4. The van der Waals surface area contributed by atoms with Crippen LogP contribution >= 0.6 is 35.7 Å². The summed E-state index contributed by atoms with van der Waals surface area (Å²) in [5, 5.41) is 0.549. The number of hydrogen-bond acceptors (Lipinski definition) is 7. The Bertz CT molecular complexity index is 1260. The summed E-state index contributed by atoms with van der Waals surface area (Å²) in [5.74, 6) is -0.226. The van der Waals surface area contributed by atoms with Gasteiger partial charge >= 0.3 is 0 Å². The fourth-order valence-electron chi connectivity index (χ4n) is 3.10. The third kappa shape index (κ3) is 4.45. The summed E-state index contributed by atoms with van der Waals surface area (Å²) >= 11 is 7.94.